The van der Waals surface area contributed by atoms with Crippen molar-refractivity contribution in [2.24, 2.45) is 0 Å². The van der Waals surface area contributed by atoms with E-state index in [1.807, 2.05) is 60.7 Å². The van der Waals surface area contributed by atoms with Gasteiger partial charge in [0.15, 0.2) is 5.69 Å². The molecule has 0 bridgehead atoms. The minimum absolute atomic E-state index is 0.261. The zero-order valence-electron chi connectivity index (χ0n) is 23.6. The fourth-order valence-electron chi connectivity index (χ4n) is 7.10. The van der Waals surface area contributed by atoms with Gasteiger partial charge in [0.25, 0.3) is 0 Å². The first kappa shape index (κ1) is 24.6. The molecular weight excluding hydrogens is 520 g/mol. The van der Waals surface area contributed by atoms with Gasteiger partial charge in [-0.3, -0.25) is 0 Å². The Balaban J connectivity index is 1.60. The lowest BCUT2D eigenvalue weighted by Crippen LogP contribution is -2.32. The number of para-hydroxylation sites is 3. The maximum absolute atomic E-state index is 14.0. The molecule has 0 amide bonds. The third kappa shape index (κ3) is 3.12. The summed E-state index contributed by atoms with van der Waals surface area (Å²) in [4.78, 5) is 24.0. The first-order valence-electron chi connectivity index (χ1n) is 14.3. The Bertz CT molecular complexity index is 2210. The predicted octanol–water partition coefficient (Wildman–Crippen LogP) is 7.60. The molecule has 1 aliphatic rings. The molecule has 6 heteroatoms. The summed E-state index contributed by atoms with van der Waals surface area (Å²) in [7, 11) is 0. The Morgan fingerprint density at radius 3 is 2.21 bits per heavy atom. The van der Waals surface area contributed by atoms with Crippen molar-refractivity contribution in [1.82, 2.24) is 18.9 Å². The van der Waals surface area contributed by atoms with Crippen LogP contribution in [0.4, 0.5) is 0 Å². The number of rotatable bonds is 4. The van der Waals surface area contributed by atoms with Crippen LogP contribution in [0.25, 0.3) is 38.7 Å². The van der Waals surface area contributed by atoms with Crippen molar-refractivity contribution in [2.75, 3.05) is 0 Å². The summed E-state index contributed by atoms with van der Waals surface area (Å²) in [6.07, 6.45) is 2.08. The second-order valence-electron chi connectivity index (χ2n) is 10.9. The monoisotopic (exact) mass is 548 g/mol. The van der Waals surface area contributed by atoms with Gasteiger partial charge in [-0.1, -0.05) is 66.7 Å². The molecule has 8 rings (SSSR count). The van der Waals surface area contributed by atoms with Gasteiger partial charge >= 0.3 is 5.97 Å². The van der Waals surface area contributed by atoms with Crippen LogP contribution in [-0.2, 0) is 16.9 Å². The number of carbonyl (C=O) groups is 1. The van der Waals surface area contributed by atoms with Gasteiger partial charge in [-0.2, -0.15) is 0 Å². The van der Waals surface area contributed by atoms with Crippen LogP contribution >= 0.6 is 0 Å². The molecule has 204 valence electrons. The van der Waals surface area contributed by atoms with E-state index in [-0.39, 0.29) is 5.69 Å². The summed E-state index contributed by atoms with van der Waals surface area (Å²) in [5.74, 6) is -0.466. The summed E-state index contributed by atoms with van der Waals surface area (Å²) < 4.78 is 11.3. The molecule has 0 radical (unpaired) electrons. The lowest BCUT2D eigenvalue weighted by molar-refractivity contribution is 0.0246. The summed E-state index contributed by atoms with van der Waals surface area (Å²) >= 11 is 0. The Kier molecular flexibility index (Phi) is 5.19. The Morgan fingerprint density at radius 1 is 0.762 bits per heavy atom. The van der Waals surface area contributed by atoms with E-state index < -0.39 is 11.6 Å². The molecule has 0 aliphatic carbocycles. The zero-order valence-corrected chi connectivity index (χ0v) is 23.6. The number of hydrogen-bond acceptors (Lipinski definition) is 4. The fourth-order valence-corrected chi connectivity index (χ4v) is 7.10. The summed E-state index contributed by atoms with van der Waals surface area (Å²) in [6.45, 7) is 7.16. The summed E-state index contributed by atoms with van der Waals surface area (Å²) in [5, 5.41) is 1.03. The summed E-state index contributed by atoms with van der Waals surface area (Å²) in [6, 6.07) is 32.6. The molecule has 0 saturated carbocycles. The number of hydrogen-bond donors (Lipinski definition) is 0. The molecule has 7 aromatic rings. The molecule has 5 heterocycles. The Morgan fingerprint density at radius 2 is 1.43 bits per heavy atom. The van der Waals surface area contributed by atoms with Crippen LogP contribution in [0.15, 0.2) is 103 Å². The van der Waals surface area contributed by atoms with E-state index in [2.05, 4.69) is 72.3 Å². The number of carbonyl (C=O) groups excluding carboxylic acids is 1. The molecule has 1 atom stereocenters. The van der Waals surface area contributed by atoms with Crippen LogP contribution in [0.5, 0.6) is 0 Å². The van der Waals surface area contributed by atoms with Crippen LogP contribution in [0.3, 0.4) is 0 Å². The second kappa shape index (κ2) is 8.88. The topological polar surface area (TPSA) is 61.4 Å². The molecule has 1 aliphatic heterocycles. The van der Waals surface area contributed by atoms with E-state index in [4.69, 9.17) is 14.7 Å². The highest BCUT2D eigenvalue weighted by Crippen LogP contribution is 2.53. The van der Waals surface area contributed by atoms with Crippen molar-refractivity contribution in [3.63, 3.8) is 0 Å². The van der Waals surface area contributed by atoms with Crippen molar-refractivity contribution in [3.8, 4) is 11.3 Å². The van der Waals surface area contributed by atoms with Gasteiger partial charge in [-0.15, -0.1) is 0 Å². The SMILES string of the molecule is CCn1c(C)c(C2(c3c(C)c(-c4ccccc4)n4ccccc34)OC(=O)c3nc4ccccc4nc32)c2ccccc21. The number of esters is 1. The molecule has 0 spiro atoms. The highest BCUT2D eigenvalue weighted by molar-refractivity contribution is 5.99. The lowest BCUT2D eigenvalue weighted by atomic mass is 9.80. The van der Waals surface area contributed by atoms with Crippen molar-refractivity contribution in [3.05, 3.63) is 137 Å². The third-order valence-corrected chi connectivity index (χ3v) is 8.73. The van der Waals surface area contributed by atoms with Crippen molar-refractivity contribution in [1.29, 1.82) is 0 Å². The van der Waals surface area contributed by atoms with Crippen molar-refractivity contribution >= 4 is 33.4 Å². The number of aromatic nitrogens is 4. The van der Waals surface area contributed by atoms with Crippen LogP contribution in [0.1, 0.15) is 45.5 Å². The van der Waals surface area contributed by atoms with E-state index in [0.717, 1.165) is 62.1 Å². The van der Waals surface area contributed by atoms with E-state index in [0.29, 0.717) is 11.2 Å². The number of pyridine rings is 1. The minimum atomic E-state index is -1.32. The first-order chi connectivity index (χ1) is 20.5. The van der Waals surface area contributed by atoms with Gasteiger partial charge in [0.2, 0.25) is 5.60 Å². The molecule has 0 N–H and O–H groups in total. The minimum Gasteiger partial charge on any atom is -0.437 e. The summed E-state index contributed by atoms with van der Waals surface area (Å²) in [5.41, 5.74) is 8.93. The lowest BCUT2D eigenvalue weighted by Gasteiger charge is -2.30. The number of nitrogens with zero attached hydrogens (tertiary/aromatic N) is 4. The second-order valence-corrected chi connectivity index (χ2v) is 10.9. The van der Waals surface area contributed by atoms with Crippen LogP contribution in [-0.4, -0.2) is 24.9 Å². The average Bonchev–Trinajstić information content (AvgIpc) is 3.59. The molecule has 0 saturated heterocycles. The molecular formula is C36H28N4O2. The highest BCUT2D eigenvalue weighted by atomic mass is 16.6. The average molecular weight is 549 g/mol. The number of ether oxygens (including phenoxy) is 1. The predicted molar refractivity (Wildman–Crippen MR) is 165 cm³/mol. The normalized spacial score (nSPS) is 16.4. The van der Waals surface area contributed by atoms with Crippen molar-refractivity contribution < 1.29 is 9.53 Å². The largest absolute Gasteiger partial charge is 0.437 e. The molecule has 3 aromatic carbocycles. The fraction of sp³-hybridized carbons (Fsp3) is 0.139. The van der Waals surface area contributed by atoms with Crippen molar-refractivity contribution in [2.45, 2.75) is 32.9 Å². The van der Waals surface area contributed by atoms with Gasteiger partial charge in [0, 0.05) is 40.5 Å². The van der Waals surface area contributed by atoms with Crippen LogP contribution in [0, 0.1) is 13.8 Å². The maximum atomic E-state index is 14.0. The number of benzene rings is 3. The van der Waals surface area contributed by atoms with Gasteiger partial charge in [-0.05, 0) is 62.2 Å². The molecule has 0 fully saturated rings. The van der Waals surface area contributed by atoms with E-state index in [1.165, 1.54) is 0 Å². The molecule has 1 unspecified atom stereocenters. The van der Waals surface area contributed by atoms with E-state index in [1.54, 1.807) is 0 Å². The van der Waals surface area contributed by atoms with Gasteiger partial charge in [0.1, 0.15) is 5.69 Å². The molecule has 4 aromatic heterocycles. The van der Waals surface area contributed by atoms with E-state index >= 15 is 0 Å². The van der Waals surface area contributed by atoms with Crippen LogP contribution < -0.4 is 0 Å². The quantitative estimate of drug-likeness (QED) is 0.213. The van der Waals surface area contributed by atoms with Gasteiger partial charge in [-0.25, -0.2) is 14.8 Å². The Labute approximate surface area is 242 Å². The Hall–Kier alpha value is -5.23. The van der Waals surface area contributed by atoms with Gasteiger partial charge < -0.3 is 13.7 Å². The number of aryl methyl sites for hydroxylation is 1. The first-order valence-corrected chi connectivity index (χ1v) is 14.3. The zero-order chi connectivity index (χ0) is 28.6. The highest BCUT2D eigenvalue weighted by Gasteiger charge is 2.56. The number of cyclic esters (lactones) is 1. The molecule has 42 heavy (non-hydrogen) atoms. The molecule has 6 nitrogen and oxygen atoms in total. The number of fused-ring (bicyclic) bond motifs is 4. The van der Waals surface area contributed by atoms with Gasteiger partial charge in [0.05, 0.1) is 22.2 Å². The van der Waals surface area contributed by atoms with Crippen LogP contribution in [0.2, 0.25) is 0 Å². The smallest absolute Gasteiger partial charge is 0.360 e. The standard InChI is InChI=1S/C36H28N4O2/c1-4-39-23(3)31(25-16-8-11-19-28(25)39)36(34-32(35(41)42-36)37-26-17-9-10-18-27(26)38-34)30-22(2)33(24-14-6-5-7-15-24)40-21-13-12-20-29(30)40/h5-21H,4H2,1-3H3. The maximum Gasteiger partial charge on any atom is 0.360 e. The third-order valence-electron chi connectivity index (χ3n) is 8.73. The van der Waals surface area contributed by atoms with E-state index in [9.17, 15) is 4.79 Å².